The van der Waals surface area contributed by atoms with E-state index >= 15 is 0 Å². The van der Waals surface area contributed by atoms with E-state index < -0.39 is 0 Å². The van der Waals surface area contributed by atoms with Crippen LogP contribution >= 0.6 is 11.3 Å². The fraction of sp³-hybridized carbons (Fsp3) is 0.455. The van der Waals surface area contributed by atoms with E-state index in [9.17, 15) is 9.59 Å². The van der Waals surface area contributed by atoms with Crippen molar-refractivity contribution < 1.29 is 19.1 Å². The number of thiophene rings is 1. The lowest BCUT2D eigenvalue weighted by atomic mass is 10.1. The molecule has 1 aromatic heterocycles. The first-order chi connectivity index (χ1) is 13.5. The quantitative estimate of drug-likeness (QED) is 0.563. The van der Waals surface area contributed by atoms with E-state index in [2.05, 4.69) is 5.32 Å². The molecule has 0 spiro atoms. The number of fused-ring (bicyclic) bond motifs is 1. The summed E-state index contributed by atoms with van der Waals surface area (Å²) in [5.41, 5.74) is 3.52. The van der Waals surface area contributed by atoms with Crippen molar-refractivity contribution >= 4 is 28.2 Å². The van der Waals surface area contributed by atoms with Crippen LogP contribution in [0, 0.1) is 6.92 Å². The van der Waals surface area contributed by atoms with Gasteiger partial charge in [0.05, 0.1) is 25.7 Å². The average Bonchev–Trinajstić information content (AvgIpc) is 2.82. The van der Waals surface area contributed by atoms with Crippen LogP contribution in [-0.4, -0.2) is 25.6 Å². The van der Waals surface area contributed by atoms with Crippen LogP contribution < -0.4 is 10.1 Å². The molecule has 0 atom stereocenters. The number of carbonyl (C=O) groups excluding carboxylic acids is 2. The molecule has 0 radical (unpaired) electrons. The van der Waals surface area contributed by atoms with Crippen LogP contribution in [0.5, 0.6) is 5.75 Å². The summed E-state index contributed by atoms with van der Waals surface area (Å²) in [4.78, 5) is 26.5. The number of anilines is 1. The van der Waals surface area contributed by atoms with E-state index in [-0.39, 0.29) is 18.3 Å². The first-order valence-electron chi connectivity index (χ1n) is 9.78. The Morgan fingerprint density at radius 3 is 2.68 bits per heavy atom. The van der Waals surface area contributed by atoms with Gasteiger partial charge in [-0.3, -0.25) is 4.79 Å². The van der Waals surface area contributed by atoms with E-state index in [1.165, 1.54) is 22.6 Å². The highest BCUT2D eigenvalue weighted by Gasteiger charge is 2.26. The second-order valence-corrected chi connectivity index (χ2v) is 8.12. The van der Waals surface area contributed by atoms with Crippen LogP contribution in [0.2, 0.25) is 0 Å². The predicted molar refractivity (Wildman–Crippen MR) is 112 cm³/mol. The maximum Gasteiger partial charge on any atom is 0.341 e. The third-order valence-electron chi connectivity index (χ3n) is 4.98. The summed E-state index contributed by atoms with van der Waals surface area (Å²) in [5, 5.41) is 3.60. The number of hydrogen-bond acceptors (Lipinski definition) is 5. The van der Waals surface area contributed by atoms with Crippen molar-refractivity contribution in [3.05, 3.63) is 45.3 Å². The molecule has 1 aliphatic carbocycles. The Labute approximate surface area is 170 Å². The Balaban J connectivity index is 1.81. The number of amides is 1. The zero-order valence-electron chi connectivity index (χ0n) is 16.7. The number of benzene rings is 1. The van der Waals surface area contributed by atoms with Crippen molar-refractivity contribution in [1.82, 2.24) is 0 Å². The lowest BCUT2D eigenvalue weighted by Gasteiger charge is -2.10. The molecule has 1 aromatic carbocycles. The van der Waals surface area contributed by atoms with Crippen LogP contribution in [0.25, 0.3) is 0 Å². The maximum atomic E-state index is 12.7. The van der Waals surface area contributed by atoms with Gasteiger partial charge in [0.25, 0.3) is 0 Å². The number of hydrogen-bond donors (Lipinski definition) is 1. The summed E-state index contributed by atoms with van der Waals surface area (Å²) in [7, 11) is 1.63. The van der Waals surface area contributed by atoms with Gasteiger partial charge < -0.3 is 14.8 Å². The number of methoxy groups -OCH3 is 1. The number of ether oxygens (including phenoxy) is 2. The van der Waals surface area contributed by atoms with Gasteiger partial charge in [-0.25, -0.2) is 4.79 Å². The fourth-order valence-corrected chi connectivity index (χ4v) is 4.95. The summed E-state index contributed by atoms with van der Waals surface area (Å²) in [5.74, 6) is 0.333. The van der Waals surface area contributed by atoms with Crippen molar-refractivity contribution in [2.24, 2.45) is 0 Å². The summed E-state index contributed by atoms with van der Waals surface area (Å²) in [6.45, 7) is 4.07. The SMILES string of the molecule is CCOC(=O)c1c(NC(=O)Cc2ccc(OC)c(C)c2)sc2c1CCCCC2. The number of rotatable bonds is 6. The third kappa shape index (κ3) is 4.55. The van der Waals surface area contributed by atoms with Gasteiger partial charge >= 0.3 is 5.97 Å². The first-order valence-corrected chi connectivity index (χ1v) is 10.6. The molecule has 0 fully saturated rings. The second-order valence-electron chi connectivity index (χ2n) is 7.02. The minimum absolute atomic E-state index is 0.133. The van der Waals surface area contributed by atoms with Gasteiger partial charge in [-0.05, 0) is 62.3 Å². The Morgan fingerprint density at radius 2 is 1.96 bits per heavy atom. The summed E-state index contributed by atoms with van der Waals surface area (Å²) < 4.78 is 10.5. The first kappa shape index (κ1) is 20.4. The third-order valence-corrected chi connectivity index (χ3v) is 6.18. The molecule has 28 heavy (non-hydrogen) atoms. The highest BCUT2D eigenvalue weighted by Crippen LogP contribution is 2.38. The molecule has 0 aliphatic heterocycles. The van der Waals surface area contributed by atoms with Crippen molar-refractivity contribution in [3.63, 3.8) is 0 Å². The smallest absolute Gasteiger partial charge is 0.341 e. The molecule has 5 nitrogen and oxygen atoms in total. The summed E-state index contributed by atoms with van der Waals surface area (Å²) in [6, 6.07) is 5.71. The van der Waals surface area contributed by atoms with Gasteiger partial charge in [0, 0.05) is 4.88 Å². The van der Waals surface area contributed by atoms with Gasteiger partial charge in [-0.15, -0.1) is 11.3 Å². The van der Waals surface area contributed by atoms with E-state index in [0.717, 1.165) is 48.1 Å². The molecule has 150 valence electrons. The molecule has 2 aromatic rings. The molecular weight excluding hydrogens is 374 g/mol. The molecule has 1 N–H and O–H groups in total. The standard InChI is InChI=1S/C22H27NO4S/c1-4-27-22(25)20-16-8-6-5-7-9-18(16)28-21(20)23-19(24)13-15-10-11-17(26-3)14(2)12-15/h10-12H,4-9,13H2,1-3H3,(H,23,24). The van der Waals surface area contributed by atoms with Crippen LogP contribution in [-0.2, 0) is 28.8 Å². The van der Waals surface area contributed by atoms with E-state index in [4.69, 9.17) is 9.47 Å². The van der Waals surface area contributed by atoms with E-state index in [1.807, 2.05) is 25.1 Å². The van der Waals surface area contributed by atoms with Crippen LogP contribution in [0.15, 0.2) is 18.2 Å². The summed E-state index contributed by atoms with van der Waals surface area (Å²) in [6.07, 6.45) is 5.42. The highest BCUT2D eigenvalue weighted by molar-refractivity contribution is 7.17. The van der Waals surface area contributed by atoms with Gasteiger partial charge in [-0.2, -0.15) is 0 Å². The normalized spacial score (nSPS) is 13.4. The van der Waals surface area contributed by atoms with Gasteiger partial charge in [0.15, 0.2) is 0 Å². The molecule has 1 heterocycles. The van der Waals surface area contributed by atoms with Crippen molar-refractivity contribution in [1.29, 1.82) is 0 Å². The van der Waals surface area contributed by atoms with Crippen molar-refractivity contribution in [2.75, 3.05) is 19.0 Å². The average molecular weight is 402 g/mol. The Bertz CT molecular complexity index is 872. The second kappa shape index (κ2) is 9.24. The molecule has 1 amide bonds. The maximum absolute atomic E-state index is 12.7. The van der Waals surface area contributed by atoms with Crippen LogP contribution in [0.1, 0.15) is 58.1 Å². The molecular formula is C22H27NO4S. The van der Waals surface area contributed by atoms with Gasteiger partial charge in [0.2, 0.25) is 5.91 Å². The topological polar surface area (TPSA) is 64.6 Å². The van der Waals surface area contributed by atoms with Crippen molar-refractivity contribution in [2.45, 2.75) is 52.4 Å². The molecule has 0 saturated heterocycles. The predicted octanol–water partition coefficient (Wildman–Crippen LogP) is 4.69. The van der Waals surface area contributed by atoms with E-state index in [0.29, 0.717) is 17.2 Å². The number of aryl methyl sites for hydroxylation is 2. The highest BCUT2D eigenvalue weighted by atomic mass is 32.1. The Hall–Kier alpha value is -2.34. The molecule has 1 aliphatic rings. The number of carbonyl (C=O) groups is 2. The molecule has 3 rings (SSSR count). The monoisotopic (exact) mass is 401 g/mol. The molecule has 0 unspecified atom stereocenters. The Morgan fingerprint density at radius 1 is 1.18 bits per heavy atom. The minimum Gasteiger partial charge on any atom is -0.496 e. The van der Waals surface area contributed by atoms with Crippen LogP contribution in [0.3, 0.4) is 0 Å². The number of esters is 1. The lowest BCUT2D eigenvalue weighted by molar-refractivity contribution is -0.115. The largest absolute Gasteiger partial charge is 0.496 e. The van der Waals surface area contributed by atoms with Crippen molar-refractivity contribution in [3.8, 4) is 5.75 Å². The molecule has 0 saturated carbocycles. The van der Waals surface area contributed by atoms with Crippen LogP contribution in [0.4, 0.5) is 5.00 Å². The zero-order chi connectivity index (χ0) is 20.1. The van der Waals surface area contributed by atoms with Gasteiger partial charge in [-0.1, -0.05) is 18.6 Å². The van der Waals surface area contributed by atoms with E-state index in [1.54, 1.807) is 14.0 Å². The molecule has 0 bridgehead atoms. The lowest BCUT2D eigenvalue weighted by Crippen LogP contribution is -2.17. The minimum atomic E-state index is -0.336. The fourth-order valence-electron chi connectivity index (χ4n) is 3.66. The van der Waals surface area contributed by atoms with Gasteiger partial charge in [0.1, 0.15) is 10.8 Å². The Kier molecular flexibility index (Phi) is 6.73. The molecule has 6 heteroatoms. The number of nitrogens with one attached hydrogen (secondary N) is 1. The zero-order valence-corrected chi connectivity index (χ0v) is 17.5. The summed E-state index contributed by atoms with van der Waals surface area (Å²) >= 11 is 1.52.